The van der Waals surface area contributed by atoms with Crippen LogP contribution in [0.4, 0.5) is 0 Å². The Bertz CT molecular complexity index is 611. The van der Waals surface area contributed by atoms with E-state index < -0.39 is 0 Å². The van der Waals surface area contributed by atoms with Crippen LogP contribution in [0.15, 0.2) is 10.5 Å². The van der Waals surface area contributed by atoms with E-state index in [1.807, 2.05) is 31.6 Å². The average molecular weight is 291 g/mol. The molecule has 0 saturated heterocycles. The predicted octanol–water partition coefficient (Wildman–Crippen LogP) is 3.02. The van der Waals surface area contributed by atoms with Crippen LogP contribution in [-0.2, 0) is 20.2 Å². The predicted molar refractivity (Wildman–Crippen MR) is 82.4 cm³/mol. The molecule has 5 heteroatoms. The van der Waals surface area contributed by atoms with Gasteiger partial charge in [0.05, 0.1) is 12.2 Å². The van der Waals surface area contributed by atoms with Crippen LogP contribution in [0.2, 0.25) is 0 Å². The monoisotopic (exact) mass is 291 g/mol. The number of aromatic nitrogens is 2. The Morgan fingerprint density at radius 1 is 1.33 bits per heavy atom. The maximum Gasteiger partial charge on any atom is 0.163 e. The fourth-order valence-corrected chi connectivity index (χ4v) is 2.24. The van der Waals surface area contributed by atoms with E-state index in [1.165, 1.54) is 0 Å². The molecule has 0 fully saturated rings. The molecule has 0 bridgehead atoms. The fraction of sp³-hybridized carbons (Fsp3) is 0.562. The Morgan fingerprint density at radius 2 is 2.05 bits per heavy atom. The van der Waals surface area contributed by atoms with Gasteiger partial charge in [-0.3, -0.25) is 4.68 Å². The van der Waals surface area contributed by atoms with E-state index in [0.29, 0.717) is 12.6 Å². The van der Waals surface area contributed by atoms with Gasteiger partial charge in [-0.05, 0) is 32.4 Å². The molecule has 0 aliphatic carbocycles. The minimum absolute atomic E-state index is 0.426. The second-order valence-electron chi connectivity index (χ2n) is 5.77. The average Bonchev–Trinajstić information content (AvgIpc) is 2.87. The molecule has 2 aromatic heterocycles. The minimum Gasteiger partial charge on any atom is -0.482 e. The Hall–Kier alpha value is -1.75. The Kier molecular flexibility index (Phi) is 4.73. The third kappa shape index (κ3) is 3.67. The summed E-state index contributed by atoms with van der Waals surface area (Å²) in [6, 6.07) is 2.48. The van der Waals surface area contributed by atoms with Crippen LogP contribution in [0.25, 0.3) is 0 Å². The van der Waals surface area contributed by atoms with Crippen LogP contribution in [0.5, 0.6) is 5.75 Å². The number of rotatable bonds is 6. The lowest BCUT2D eigenvalue weighted by molar-refractivity contribution is 0.261. The van der Waals surface area contributed by atoms with Crippen LogP contribution in [0.3, 0.4) is 0 Å². The van der Waals surface area contributed by atoms with Crippen LogP contribution < -0.4 is 10.1 Å². The highest BCUT2D eigenvalue weighted by Gasteiger charge is 2.13. The SMILES string of the molecule is Cc1cc(COc2c(C)nn(C)c2C)oc1CNC(C)C. The standard InChI is InChI=1S/C16H25N3O2/c1-10(2)17-8-15-11(3)7-14(21-15)9-20-16-12(4)18-19(6)13(16)5/h7,10,17H,8-9H2,1-6H3. The van der Waals surface area contributed by atoms with Crippen molar-refractivity contribution in [3.8, 4) is 5.75 Å². The van der Waals surface area contributed by atoms with Gasteiger partial charge in [-0.25, -0.2) is 0 Å². The number of nitrogens with zero attached hydrogens (tertiary/aromatic N) is 2. The van der Waals surface area contributed by atoms with Gasteiger partial charge in [-0.2, -0.15) is 5.10 Å². The molecule has 1 N–H and O–H groups in total. The smallest absolute Gasteiger partial charge is 0.163 e. The van der Waals surface area contributed by atoms with Crippen LogP contribution in [-0.4, -0.2) is 15.8 Å². The van der Waals surface area contributed by atoms with E-state index in [9.17, 15) is 0 Å². The van der Waals surface area contributed by atoms with Crippen molar-refractivity contribution in [2.24, 2.45) is 7.05 Å². The van der Waals surface area contributed by atoms with Crippen molar-refractivity contribution >= 4 is 0 Å². The third-order valence-electron chi connectivity index (χ3n) is 3.54. The summed E-state index contributed by atoms with van der Waals surface area (Å²) in [6.07, 6.45) is 0. The van der Waals surface area contributed by atoms with Gasteiger partial charge in [0.15, 0.2) is 5.75 Å². The molecular weight excluding hydrogens is 266 g/mol. The first kappa shape index (κ1) is 15.6. The van der Waals surface area contributed by atoms with Gasteiger partial charge in [-0.15, -0.1) is 0 Å². The molecule has 2 rings (SSSR count). The van der Waals surface area contributed by atoms with Crippen LogP contribution in [0, 0.1) is 20.8 Å². The molecule has 0 amide bonds. The number of furan rings is 1. The number of aryl methyl sites for hydroxylation is 3. The van der Waals surface area contributed by atoms with Gasteiger partial charge >= 0.3 is 0 Å². The summed E-state index contributed by atoms with van der Waals surface area (Å²) in [5, 5.41) is 7.71. The molecule has 0 aromatic carbocycles. The van der Waals surface area contributed by atoms with Gasteiger partial charge in [-0.1, -0.05) is 13.8 Å². The number of nitrogens with one attached hydrogen (secondary N) is 1. The maximum absolute atomic E-state index is 5.87. The topological polar surface area (TPSA) is 52.2 Å². The van der Waals surface area contributed by atoms with Crippen molar-refractivity contribution in [3.63, 3.8) is 0 Å². The minimum atomic E-state index is 0.426. The van der Waals surface area contributed by atoms with Gasteiger partial charge in [0.2, 0.25) is 0 Å². The van der Waals surface area contributed by atoms with Crippen molar-refractivity contribution in [1.29, 1.82) is 0 Å². The Balaban J connectivity index is 2.02. The molecule has 2 heterocycles. The summed E-state index contributed by atoms with van der Waals surface area (Å²) in [5.74, 6) is 2.66. The molecule has 0 aliphatic heterocycles. The highest BCUT2D eigenvalue weighted by molar-refractivity contribution is 5.32. The first-order valence-electron chi connectivity index (χ1n) is 7.33. The van der Waals surface area contributed by atoms with E-state index in [1.54, 1.807) is 0 Å². The van der Waals surface area contributed by atoms with E-state index in [-0.39, 0.29) is 0 Å². The van der Waals surface area contributed by atoms with E-state index in [4.69, 9.17) is 9.15 Å². The second-order valence-corrected chi connectivity index (χ2v) is 5.77. The van der Waals surface area contributed by atoms with Crippen molar-refractivity contribution in [2.75, 3.05) is 0 Å². The summed E-state index contributed by atoms with van der Waals surface area (Å²) < 4.78 is 13.6. The lowest BCUT2D eigenvalue weighted by atomic mass is 10.2. The fourth-order valence-electron chi connectivity index (χ4n) is 2.24. The lowest BCUT2D eigenvalue weighted by Gasteiger charge is -2.06. The molecule has 21 heavy (non-hydrogen) atoms. The van der Waals surface area contributed by atoms with Crippen molar-refractivity contribution in [2.45, 2.75) is 53.8 Å². The molecular formula is C16H25N3O2. The molecule has 0 atom stereocenters. The number of hydrogen-bond donors (Lipinski definition) is 1. The summed E-state index contributed by atoms with van der Waals surface area (Å²) in [6.45, 7) is 11.4. The molecule has 0 unspecified atom stereocenters. The number of ether oxygens (including phenoxy) is 1. The molecule has 5 nitrogen and oxygen atoms in total. The van der Waals surface area contributed by atoms with Crippen molar-refractivity contribution in [3.05, 3.63) is 34.5 Å². The zero-order chi connectivity index (χ0) is 15.6. The number of hydrogen-bond acceptors (Lipinski definition) is 4. The molecule has 0 saturated carbocycles. The molecule has 0 aliphatic rings. The summed E-state index contributed by atoms with van der Waals surface area (Å²) in [7, 11) is 1.92. The van der Waals surface area contributed by atoms with E-state index in [2.05, 4.69) is 31.2 Å². The highest BCUT2D eigenvalue weighted by Crippen LogP contribution is 2.23. The van der Waals surface area contributed by atoms with Gasteiger partial charge < -0.3 is 14.5 Å². The first-order valence-corrected chi connectivity index (χ1v) is 7.33. The van der Waals surface area contributed by atoms with Crippen LogP contribution >= 0.6 is 0 Å². The quantitative estimate of drug-likeness (QED) is 0.889. The van der Waals surface area contributed by atoms with Gasteiger partial charge in [0, 0.05) is 13.1 Å². The Morgan fingerprint density at radius 3 is 2.62 bits per heavy atom. The zero-order valence-corrected chi connectivity index (χ0v) is 13.8. The Labute approximate surface area is 126 Å². The first-order chi connectivity index (χ1) is 9.88. The maximum atomic E-state index is 5.87. The van der Waals surface area contributed by atoms with Crippen molar-refractivity contribution in [1.82, 2.24) is 15.1 Å². The van der Waals surface area contributed by atoms with Crippen molar-refractivity contribution < 1.29 is 9.15 Å². The third-order valence-corrected chi connectivity index (χ3v) is 3.54. The summed E-state index contributed by atoms with van der Waals surface area (Å²) >= 11 is 0. The highest BCUT2D eigenvalue weighted by atomic mass is 16.5. The van der Waals surface area contributed by atoms with E-state index >= 15 is 0 Å². The lowest BCUT2D eigenvalue weighted by Crippen LogP contribution is -2.21. The summed E-state index contributed by atoms with van der Waals surface area (Å²) in [4.78, 5) is 0. The molecule has 2 aromatic rings. The summed E-state index contributed by atoms with van der Waals surface area (Å²) in [5.41, 5.74) is 3.08. The normalized spacial score (nSPS) is 11.4. The zero-order valence-electron chi connectivity index (χ0n) is 13.8. The van der Waals surface area contributed by atoms with Gasteiger partial charge in [0.1, 0.15) is 23.8 Å². The molecule has 116 valence electrons. The largest absolute Gasteiger partial charge is 0.482 e. The second kappa shape index (κ2) is 6.35. The molecule has 0 spiro atoms. The van der Waals surface area contributed by atoms with E-state index in [0.717, 1.165) is 40.8 Å². The van der Waals surface area contributed by atoms with Crippen LogP contribution in [0.1, 0.15) is 42.3 Å². The molecule has 0 radical (unpaired) electrons. The van der Waals surface area contributed by atoms with Gasteiger partial charge in [0.25, 0.3) is 0 Å².